The third kappa shape index (κ3) is 10.1. The molecule has 4 nitrogen and oxygen atoms in total. The van der Waals surface area contributed by atoms with Crippen LogP contribution in [0.2, 0.25) is 0 Å². The largest absolute Gasteiger partial charge is 0.505 e. The fourth-order valence-electron chi connectivity index (χ4n) is 2.38. The first-order valence-electron chi connectivity index (χ1n) is 9.79. The Morgan fingerprint density at radius 3 is 1.88 bits per heavy atom. The standard InChI is InChI=1S/C20H36O4Si/c1-4-7-16-21-17-11-18-24-25(22-14-5-2,23-15-6-3)19-20-12-9-8-10-13-20/h8-10,12-13H,4-7,11,14-19H2,1-3H3. The van der Waals surface area contributed by atoms with Gasteiger partial charge in [-0.05, 0) is 31.2 Å². The van der Waals surface area contributed by atoms with Crippen LogP contribution >= 0.6 is 0 Å². The van der Waals surface area contributed by atoms with Crippen molar-refractivity contribution in [2.75, 3.05) is 33.0 Å². The van der Waals surface area contributed by atoms with E-state index in [0.29, 0.717) is 19.8 Å². The lowest BCUT2D eigenvalue weighted by molar-refractivity contribution is 0.0472. The third-order valence-electron chi connectivity index (χ3n) is 3.71. The number of unbranched alkanes of at least 4 members (excludes halogenated alkanes) is 1. The minimum absolute atomic E-state index is 0.624. The minimum atomic E-state index is -2.71. The van der Waals surface area contributed by atoms with Gasteiger partial charge in [0.2, 0.25) is 0 Å². The van der Waals surface area contributed by atoms with Crippen LogP contribution in [-0.2, 0) is 24.1 Å². The van der Waals surface area contributed by atoms with Crippen LogP contribution in [0.15, 0.2) is 30.3 Å². The molecule has 1 aromatic rings. The lowest BCUT2D eigenvalue weighted by atomic mass is 10.2. The summed E-state index contributed by atoms with van der Waals surface area (Å²) in [5.74, 6) is 0. The molecule has 0 unspecified atom stereocenters. The lowest BCUT2D eigenvalue weighted by Gasteiger charge is -2.30. The van der Waals surface area contributed by atoms with E-state index in [2.05, 4.69) is 45.0 Å². The summed E-state index contributed by atoms with van der Waals surface area (Å²) in [6.07, 6.45) is 5.08. The Morgan fingerprint density at radius 1 is 0.680 bits per heavy atom. The van der Waals surface area contributed by atoms with Gasteiger partial charge in [0.1, 0.15) is 0 Å². The topological polar surface area (TPSA) is 36.9 Å². The molecule has 0 aliphatic rings. The highest BCUT2D eigenvalue weighted by Crippen LogP contribution is 2.18. The van der Waals surface area contributed by atoms with E-state index in [1.165, 1.54) is 12.0 Å². The van der Waals surface area contributed by atoms with Gasteiger partial charge < -0.3 is 18.0 Å². The Labute approximate surface area is 155 Å². The summed E-state index contributed by atoms with van der Waals surface area (Å²) in [6, 6.07) is 11.1. The molecule has 0 N–H and O–H groups in total. The molecule has 0 aliphatic carbocycles. The molecule has 25 heavy (non-hydrogen) atoms. The molecule has 0 saturated carbocycles. The highest BCUT2D eigenvalue weighted by molar-refractivity contribution is 6.60. The number of ether oxygens (including phenoxy) is 1. The van der Waals surface area contributed by atoms with Gasteiger partial charge in [0.25, 0.3) is 0 Å². The van der Waals surface area contributed by atoms with Crippen molar-refractivity contribution >= 4 is 8.80 Å². The highest BCUT2D eigenvalue weighted by atomic mass is 28.4. The minimum Gasteiger partial charge on any atom is -0.381 e. The Bertz CT molecular complexity index is 405. The van der Waals surface area contributed by atoms with Crippen molar-refractivity contribution in [1.82, 2.24) is 0 Å². The van der Waals surface area contributed by atoms with Gasteiger partial charge in [-0.1, -0.05) is 57.5 Å². The van der Waals surface area contributed by atoms with Crippen molar-refractivity contribution in [2.24, 2.45) is 0 Å². The van der Waals surface area contributed by atoms with E-state index in [1.54, 1.807) is 0 Å². The van der Waals surface area contributed by atoms with Crippen molar-refractivity contribution in [3.63, 3.8) is 0 Å². The molecule has 1 aromatic carbocycles. The summed E-state index contributed by atoms with van der Waals surface area (Å²) in [5, 5.41) is 0. The van der Waals surface area contributed by atoms with E-state index in [9.17, 15) is 0 Å². The summed E-state index contributed by atoms with van der Waals surface area (Å²) >= 11 is 0. The maximum atomic E-state index is 6.26. The first-order chi connectivity index (χ1) is 12.3. The van der Waals surface area contributed by atoms with Gasteiger partial charge in [-0.3, -0.25) is 0 Å². The summed E-state index contributed by atoms with van der Waals surface area (Å²) in [5.41, 5.74) is 1.21. The second kappa shape index (κ2) is 14.4. The average Bonchev–Trinajstić information content (AvgIpc) is 2.64. The molecular formula is C20H36O4Si. The van der Waals surface area contributed by atoms with E-state index in [1.807, 2.05) is 6.07 Å². The average molecular weight is 369 g/mol. The van der Waals surface area contributed by atoms with E-state index in [0.717, 1.165) is 44.9 Å². The van der Waals surface area contributed by atoms with Gasteiger partial charge in [-0.15, -0.1) is 0 Å². The number of benzene rings is 1. The molecule has 0 saturated heterocycles. The van der Waals surface area contributed by atoms with Gasteiger partial charge >= 0.3 is 8.80 Å². The maximum absolute atomic E-state index is 6.26. The number of hydrogen-bond acceptors (Lipinski definition) is 4. The zero-order valence-electron chi connectivity index (χ0n) is 16.3. The first-order valence-corrected chi connectivity index (χ1v) is 11.7. The van der Waals surface area contributed by atoms with E-state index >= 15 is 0 Å². The zero-order chi connectivity index (χ0) is 18.2. The molecule has 5 heteroatoms. The molecule has 0 atom stereocenters. The molecule has 0 radical (unpaired) electrons. The van der Waals surface area contributed by atoms with E-state index in [-0.39, 0.29) is 0 Å². The molecule has 0 spiro atoms. The van der Waals surface area contributed by atoms with Gasteiger partial charge in [0, 0.05) is 39.1 Å². The maximum Gasteiger partial charge on any atom is 0.505 e. The van der Waals surface area contributed by atoms with Crippen LogP contribution in [0.5, 0.6) is 0 Å². The van der Waals surface area contributed by atoms with Crippen LogP contribution < -0.4 is 0 Å². The van der Waals surface area contributed by atoms with Crippen LogP contribution in [0, 0.1) is 0 Å². The second-order valence-electron chi connectivity index (χ2n) is 6.21. The summed E-state index contributed by atoms with van der Waals surface area (Å²) in [4.78, 5) is 0. The number of hydrogen-bond donors (Lipinski definition) is 0. The predicted octanol–water partition coefficient (Wildman–Crippen LogP) is 4.78. The molecule has 144 valence electrons. The van der Waals surface area contributed by atoms with Crippen LogP contribution in [0.3, 0.4) is 0 Å². The summed E-state index contributed by atoms with van der Waals surface area (Å²) in [7, 11) is -2.71. The van der Waals surface area contributed by atoms with Crippen LogP contribution in [0.25, 0.3) is 0 Å². The van der Waals surface area contributed by atoms with Gasteiger partial charge in [-0.25, -0.2) is 0 Å². The summed E-state index contributed by atoms with van der Waals surface area (Å²) < 4.78 is 24.2. The molecule has 0 heterocycles. The normalized spacial score (nSPS) is 11.8. The monoisotopic (exact) mass is 368 g/mol. The second-order valence-corrected chi connectivity index (χ2v) is 8.80. The molecule has 0 bridgehead atoms. The van der Waals surface area contributed by atoms with E-state index in [4.69, 9.17) is 18.0 Å². The molecule has 0 amide bonds. The van der Waals surface area contributed by atoms with Crippen molar-refractivity contribution < 1.29 is 18.0 Å². The van der Waals surface area contributed by atoms with Crippen molar-refractivity contribution in [3.05, 3.63) is 35.9 Å². The predicted molar refractivity (Wildman–Crippen MR) is 105 cm³/mol. The lowest BCUT2D eigenvalue weighted by Crippen LogP contribution is -2.49. The van der Waals surface area contributed by atoms with Gasteiger partial charge in [0.05, 0.1) is 0 Å². The van der Waals surface area contributed by atoms with Crippen molar-refractivity contribution in [2.45, 2.75) is 58.9 Å². The van der Waals surface area contributed by atoms with Gasteiger partial charge in [0.15, 0.2) is 0 Å². The Balaban J connectivity index is 2.60. The third-order valence-corrected chi connectivity index (χ3v) is 6.49. The molecule has 1 rings (SSSR count). The van der Waals surface area contributed by atoms with Crippen LogP contribution in [0.1, 0.15) is 58.4 Å². The molecular weight excluding hydrogens is 332 g/mol. The Morgan fingerprint density at radius 2 is 1.28 bits per heavy atom. The van der Waals surface area contributed by atoms with E-state index < -0.39 is 8.80 Å². The van der Waals surface area contributed by atoms with Crippen molar-refractivity contribution in [1.29, 1.82) is 0 Å². The Kier molecular flexibility index (Phi) is 12.9. The van der Waals surface area contributed by atoms with Crippen LogP contribution in [-0.4, -0.2) is 41.8 Å². The molecule has 0 aliphatic heterocycles. The van der Waals surface area contributed by atoms with Crippen molar-refractivity contribution in [3.8, 4) is 0 Å². The molecule has 0 aromatic heterocycles. The quantitative estimate of drug-likeness (QED) is 0.311. The highest BCUT2D eigenvalue weighted by Gasteiger charge is 2.41. The smallest absolute Gasteiger partial charge is 0.381 e. The first kappa shape index (κ1) is 22.3. The fraction of sp³-hybridized carbons (Fsp3) is 0.700. The zero-order valence-corrected chi connectivity index (χ0v) is 17.3. The number of rotatable bonds is 16. The molecule has 0 fully saturated rings. The summed E-state index contributed by atoms with van der Waals surface area (Å²) in [6.45, 7) is 9.95. The Hall–Kier alpha value is -0.723. The van der Waals surface area contributed by atoms with Crippen LogP contribution in [0.4, 0.5) is 0 Å². The SMILES string of the molecule is CCCCOCCCO[Si](Cc1ccccc1)(OCCC)OCCC. The van der Waals surface area contributed by atoms with Gasteiger partial charge in [-0.2, -0.15) is 0 Å². The fourth-order valence-corrected chi connectivity index (χ4v) is 5.15.